The Morgan fingerprint density at radius 3 is 2.75 bits per heavy atom. The summed E-state index contributed by atoms with van der Waals surface area (Å²) in [6.07, 6.45) is 4.59. The van der Waals surface area contributed by atoms with E-state index in [0.717, 1.165) is 24.3 Å². The summed E-state index contributed by atoms with van der Waals surface area (Å²) >= 11 is 0. The van der Waals surface area contributed by atoms with Gasteiger partial charge in [-0.25, -0.2) is 0 Å². The van der Waals surface area contributed by atoms with E-state index in [0.29, 0.717) is 5.92 Å². The van der Waals surface area contributed by atoms with Crippen molar-refractivity contribution < 1.29 is 5.11 Å². The van der Waals surface area contributed by atoms with Crippen molar-refractivity contribution in [3.05, 3.63) is 35.4 Å². The Labute approximate surface area is 98.5 Å². The Kier molecular flexibility index (Phi) is 3.65. The molecule has 16 heavy (non-hydrogen) atoms. The molecule has 88 valence electrons. The van der Waals surface area contributed by atoms with Crippen LogP contribution in [0.3, 0.4) is 0 Å². The monoisotopic (exact) mass is 218 g/mol. The molecule has 2 unspecified atom stereocenters. The Hall–Kier alpha value is -0.820. The molecular weight excluding hydrogens is 196 g/mol. The summed E-state index contributed by atoms with van der Waals surface area (Å²) in [5, 5.41) is 10.2. The van der Waals surface area contributed by atoms with E-state index in [-0.39, 0.29) is 6.10 Å². The summed E-state index contributed by atoms with van der Waals surface area (Å²) < 4.78 is 0. The minimum atomic E-state index is -0.293. The molecule has 0 heterocycles. The van der Waals surface area contributed by atoms with Crippen molar-refractivity contribution in [2.24, 2.45) is 5.92 Å². The van der Waals surface area contributed by atoms with E-state index >= 15 is 0 Å². The van der Waals surface area contributed by atoms with Crippen molar-refractivity contribution in [1.82, 2.24) is 0 Å². The molecule has 1 aliphatic rings. The first-order valence-corrected chi connectivity index (χ1v) is 6.50. The van der Waals surface area contributed by atoms with Gasteiger partial charge in [0.25, 0.3) is 0 Å². The van der Waals surface area contributed by atoms with Gasteiger partial charge in [-0.3, -0.25) is 0 Å². The first kappa shape index (κ1) is 11.7. The second-order valence-corrected chi connectivity index (χ2v) is 5.16. The average molecular weight is 218 g/mol. The summed E-state index contributed by atoms with van der Waals surface area (Å²) in [5.41, 5.74) is 2.52. The van der Waals surface area contributed by atoms with Crippen LogP contribution in [0.15, 0.2) is 24.3 Å². The lowest BCUT2D eigenvalue weighted by atomic mass is 9.92. The van der Waals surface area contributed by atoms with E-state index in [9.17, 15) is 5.11 Å². The molecule has 1 N–H and O–H groups in total. The topological polar surface area (TPSA) is 20.2 Å². The predicted molar refractivity (Wildman–Crippen MR) is 67.4 cm³/mol. The van der Waals surface area contributed by atoms with Crippen LogP contribution in [0.4, 0.5) is 0 Å². The minimum absolute atomic E-state index is 0.293. The minimum Gasteiger partial charge on any atom is -0.388 e. The Morgan fingerprint density at radius 2 is 2.12 bits per heavy atom. The average Bonchev–Trinajstić information content (AvgIpc) is 3.12. The first-order valence-electron chi connectivity index (χ1n) is 6.50. The van der Waals surface area contributed by atoms with E-state index in [2.05, 4.69) is 38.1 Å². The van der Waals surface area contributed by atoms with E-state index in [1.54, 1.807) is 0 Å². The van der Waals surface area contributed by atoms with Crippen LogP contribution in [-0.2, 0) is 0 Å². The molecule has 0 amide bonds. The molecule has 0 radical (unpaired) electrons. The van der Waals surface area contributed by atoms with E-state index in [1.807, 2.05) is 0 Å². The highest BCUT2D eigenvalue weighted by molar-refractivity contribution is 5.30. The van der Waals surface area contributed by atoms with Gasteiger partial charge in [-0.1, -0.05) is 44.5 Å². The van der Waals surface area contributed by atoms with E-state index < -0.39 is 0 Å². The van der Waals surface area contributed by atoms with Gasteiger partial charge >= 0.3 is 0 Å². The number of hydrogen-bond donors (Lipinski definition) is 1. The summed E-state index contributed by atoms with van der Waals surface area (Å²) in [5.74, 6) is 1.13. The maximum absolute atomic E-state index is 10.2. The van der Waals surface area contributed by atoms with Gasteiger partial charge in [0.15, 0.2) is 0 Å². The van der Waals surface area contributed by atoms with Gasteiger partial charge in [-0.2, -0.15) is 0 Å². The maximum atomic E-state index is 10.2. The molecular formula is C15H22O. The molecule has 1 fully saturated rings. The second kappa shape index (κ2) is 5.01. The zero-order valence-corrected chi connectivity index (χ0v) is 10.3. The standard InChI is InChI=1S/C15H22O/c1-3-5-11(2)15(16)14-7-4-6-13(10-14)12-8-9-12/h4,6-7,10-12,15-16H,3,5,8-9H2,1-2H3. The lowest BCUT2D eigenvalue weighted by molar-refractivity contribution is 0.112. The molecule has 1 aliphatic carbocycles. The molecule has 1 nitrogen and oxygen atoms in total. The van der Waals surface area contributed by atoms with Gasteiger partial charge < -0.3 is 5.11 Å². The van der Waals surface area contributed by atoms with Gasteiger partial charge in [0.2, 0.25) is 0 Å². The van der Waals surface area contributed by atoms with Crippen LogP contribution in [0.25, 0.3) is 0 Å². The van der Waals surface area contributed by atoms with E-state index in [4.69, 9.17) is 0 Å². The van der Waals surface area contributed by atoms with Gasteiger partial charge in [0.1, 0.15) is 0 Å². The Balaban J connectivity index is 2.09. The molecule has 1 saturated carbocycles. The summed E-state index contributed by atoms with van der Waals surface area (Å²) in [7, 11) is 0. The van der Waals surface area contributed by atoms with Crippen LogP contribution in [0, 0.1) is 5.92 Å². The number of benzene rings is 1. The highest BCUT2D eigenvalue weighted by Crippen LogP contribution is 2.41. The molecule has 0 bridgehead atoms. The Bertz CT molecular complexity index is 341. The van der Waals surface area contributed by atoms with Crippen LogP contribution in [0.5, 0.6) is 0 Å². The first-order chi connectivity index (χ1) is 7.72. The smallest absolute Gasteiger partial charge is 0.0815 e. The van der Waals surface area contributed by atoms with Gasteiger partial charge in [-0.15, -0.1) is 0 Å². The Morgan fingerprint density at radius 1 is 1.38 bits per heavy atom. The highest BCUT2D eigenvalue weighted by atomic mass is 16.3. The molecule has 1 heteroatoms. The molecule has 0 aromatic heterocycles. The van der Waals surface area contributed by atoms with Crippen molar-refractivity contribution in [2.45, 2.75) is 51.6 Å². The largest absolute Gasteiger partial charge is 0.388 e. The van der Waals surface area contributed by atoms with Gasteiger partial charge in [0.05, 0.1) is 6.10 Å². The van der Waals surface area contributed by atoms with Crippen molar-refractivity contribution in [1.29, 1.82) is 0 Å². The number of aliphatic hydroxyl groups is 1. The van der Waals surface area contributed by atoms with Gasteiger partial charge in [0, 0.05) is 0 Å². The normalized spacial score (nSPS) is 19.4. The fraction of sp³-hybridized carbons (Fsp3) is 0.600. The molecule has 1 aromatic carbocycles. The number of rotatable bonds is 5. The van der Waals surface area contributed by atoms with Crippen LogP contribution in [-0.4, -0.2) is 5.11 Å². The fourth-order valence-electron chi connectivity index (χ4n) is 2.36. The molecule has 1 aromatic rings. The summed E-state index contributed by atoms with van der Waals surface area (Å²) in [6, 6.07) is 8.54. The highest BCUT2D eigenvalue weighted by Gasteiger charge is 2.24. The third kappa shape index (κ3) is 2.65. The van der Waals surface area contributed by atoms with Crippen LogP contribution >= 0.6 is 0 Å². The maximum Gasteiger partial charge on any atom is 0.0815 e. The predicted octanol–water partition coefficient (Wildman–Crippen LogP) is 4.03. The summed E-state index contributed by atoms with van der Waals surface area (Å²) in [4.78, 5) is 0. The lowest BCUT2D eigenvalue weighted by Crippen LogP contribution is -2.09. The van der Waals surface area contributed by atoms with Crippen molar-refractivity contribution >= 4 is 0 Å². The molecule has 0 saturated heterocycles. The van der Waals surface area contributed by atoms with Crippen molar-refractivity contribution in [2.75, 3.05) is 0 Å². The van der Waals surface area contributed by atoms with E-state index in [1.165, 1.54) is 18.4 Å². The molecule has 0 aliphatic heterocycles. The zero-order valence-electron chi connectivity index (χ0n) is 10.3. The quantitative estimate of drug-likeness (QED) is 0.791. The molecule has 2 rings (SSSR count). The summed E-state index contributed by atoms with van der Waals surface area (Å²) in [6.45, 7) is 4.31. The van der Waals surface area contributed by atoms with Gasteiger partial charge in [-0.05, 0) is 42.2 Å². The fourth-order valence-corrected chi connectivity index (χ4v) is 2.36. The number of hydrogen-bond acceptors (Lipinski definition) is 1. The van der Waals surface area contributed by atoms with Crippen LogP contribution in [0.2, 0.25) is 0 Å². The van der Waals surface area contributed by atoms with Crippen molar-refractivity contribution in [3.8, 4) is 0 Å². The van der Waals surface area contributed by atoms with Crippen molar-refractivity contribution in [3.63, 3.8) is 0 Å². The zero-order chi connectivity index (χ0) is 11.5. The third-order valence-corrected chi connectivity index (χ3v) is 3.58. The lowest BCUT2D eigenvalue weighted by Gasteiger charge is -2.19. The van der Waals surface area contributed by atoms with Crippen LogP contribution in [0.1, 0.15) is 62.7 Å². The third-order valence-electron chi connectivity index (χ3n) is 3.58. The SMILES string of the molecule is CCCC(C)C(O)c1cccc(C2CC2)c1. The second-order valence-electron chi connectivity index (χ2n) is 5.16. The molecule has 2 atom stereocenters. The molecule has 0 spiro atoms. The number of aliphatic hydroxyl groups excluding tert-OH is 1. The van der Waals surface area contributed by atoms with Crippen LogP contribution < -0.4 is 0 Å².